The summed E-state index contributed by atoms with van der Waals surface area (Å²) in [6.07, 6.45) is 0. The first-order chi connectivity index (χ1) is 10.0. The van der Waals surface area contributed by atoms with Crippen molar-refractivity contribution >= 4 is 28.8 Å². The summed E-state index contributed by atoms with van der Waals surface area (Å²) >= 11 is 7.51. The molecule has 1 amide bonds. The molecule has 0 unspecified atom stereocenters. The summed E-state index contributed by atoms with van der Waals surface area (Å²) in [5.41, 5.74) is 2.02. The zero-order valence-corrected chi connectivity index (χ0v) is 13.8. The fraction of sp³-hybridized carbons (Fsp3) is 0.235. The highest BCUT2D eigenvalue weighted by molar-refractivity contribution is 7.17. The topological polar surface area (TPSA) is 20.3 Å². The maximum atomic E-state index is 12.5. The molecule has 0 aliphatic carbocycles. The highest BCUT2D eigenvalue weighted by atomic mass is 35.5. The van der Waals surface area contributed by atoms with Crippen molar-refractivity contribution in [2.75, 3.05) is 13.1 Å². The quantitative estimate of drug-likeness (QED) is 0.701. The minimum Gasteiger partial charge on any atom is -0.334 e. The van der Waals surface area contributed by atoms with Crippen molar-refractivity contribution in [2.24, 2.45) is 0 Å². The van der Waals surface area contributed by atoms with Crippen molar-refractivity contribution in [3.05, 3.63) is 58.5 Å². The minimum atomic E-state index is 0.0544. The number of rotatable bonds is 5. The number of amides is 1. The molecule has 0 radical (unpaired) electrons. The van der Waals surface area contributed by atoms with E-state index in [0.717, 1.165) is 20.9 Å². The van der Waals surface area contributed by atoms with Gasteiger partial charge in [-0.2, -0.15) is 0 Å². The number of halogens is 1. The maximum Gasteiger partial charge on any atom is 0.264 e. The summed E-state index contributed by atoms with van der Waals surface area (Å²) in [5, 5.41) is 0.700. The van der Waals surface area contributed by atoms with E-state index in [-0.39, 0.29) is 5.91 Å². The molecule has 1 heterocycles. The molecular weight excluding hydrogens is 302 g/mol. The molecule has 2 rings (SSSR count). The van der Waals surface area contributed by atoms with Crippen LogP contribution in [0.5, 0.6) is 0 Å². The second-order valence-corrected chi connectivity index (χ2v) is 6.47. The van der Waals surface area contributed by atoms with Crippen molar-refractivity contribution < 1.29 is 4.79 Å². The average Bonchev–Trinajstić information content (AvgIpc) is 2.93. The fourth-order valence-electron chi connectivity index (χ4n) is 2.06. The first-order valence-electron chi connectivity index (χ1n) is 6.80. The second-order valence-electron chi connectivity index (χ2n) is 4.95. The van der Waals surface area contributed by atoms with Gasteiger partial charge in [0, 0.05) is 23.0 Å². The van der Waals surface area contributed by atoms with Crippen LogP contribution in [0.4, 0.5) is 0 Å². The highest BCUT2D eigenvalue weighted by Crippen LogP contribution is 2.30. The Labute approximate surface area is 134 Å². The van der Waals surface area contributed by atoms with E-state index >= 15 is 0 Å². The van der Waals surface area contributed by atoms with Gasteiger partial charge in [0.25, 0.3) is 5.91 Å². The van der Waals surface area contributed by atoms with Crippen LogP contribution in [0.3, 0.4) is 0 Å². The number of hydrogen-bond acceptors (Lipinski definition) is 2. The molecule has 21 heavy (non-hydrogen) atoms. The van der Waals surface area contributed by atoms with Crippen LogP contribution < -0.4 is 0 Å². The standard InChI is InChI=1S/C17H18ClNOS/c1-4-19(11-12(2)3)17(20)16-9-8-15(21-16)13-6-5-7-14(18)10-13/h5-10H,2,4,11H2,1,3H3. The molecular formula is C17H18ClNOS. The van der Waals surface area contributed by atoms with E-state index in [1.807, 2.05) is 50.2 Å². The third kappa shape index (κ3) is 3.96. The highest BCUT2D eigenvalue weighted by Gasteiger charge is 2.16. The van der Waals surface area contributed by atoms with Crippen LogP contribution in [0, 0.1) is 0 Å². The molecule has 4 heteroatoms. The first kappa shape index (κ1) is 15.8. The molecule has 0 bridgehead atoms. The van der Waals surface area contributed by atoms with Gasteiger partial charge in [-0.1, -0.05) is 35.9 Å². The van der Waals surface area contributed by atoms with Crippen LogP contribution >= 0.6 is 22.9 Å². The van der Waals surface area contributed by atoms with Gasteiger partial charge in [0.2, 0.25) is 0 Å². The Hall–Kier alpha value is -1.58. The number of nitrogens with zero attached hydrogens (tertiary/aromatic N) is 1. The Bertz CT molecular complexity index is 662. The van der Waals surface area contributed by atoms with Gasteiger partial charge in [-0.3, -0.25) is 4.79 Å². The lowest BCUT2D eigenvalue weighted by Crippen LogP contribution is -2.31. The SMILES string of the molecule is C=C(C)CN(CC)C(=O)c1ccc(-c2cccc(Cl)c2)s1. The van der Waals surface area contributed by atoms with Crippen molar-refractivity contribution in [1.29, 1.82) is 0 Å². The van der Waals surface area contributed by atoms with Gasteiger partial charge >= 0.3 is 0 Å². The molecule has 0 spiro atoms. The number of carbonyl (C=O) groups excluding carboxylic acids is 1. The van der Waals surface area contributed by atoms with Crippen molar-refractivity contribution in [3.63, 3.8) is 0 Å². The van der Waals surface area contributed by atoms with Crippen molar-refractivity contribution in [2.45, 2.75) is 13.8 Å². The third-order valence-electron chi connectivity index (χ3n) is 3.06. The molecule has 0 N–H and O–H groups in total. The molecule has 0 saturated carbocycles. The Morgan fingerprint density at radius 3 is 2.71 bits per heavy atom. The maximum absolute atomic E-state index is 12.5. The van der Waals surface area contributed by atoms with E-state index in [9.17, 15) is 4.79 Å². The van der Waals surface area contributed by atoms with Crippen LogP contribution in [0.15, 0.2) is 48.6 Å². The molecule has 0 fully saturated rings. The lowest BCUT2D eigenvalue weighted by molar-refractivity contribution is 0.0783. The van der Waals surface area contributed by atoms with E-state index in [2.05, 4.69) is 6.58 Å². The van der Waals surface area contributed by atoms with Gasteiger partial charge in [-0.05, 0) is 43.7 Å². The lowest BCUT2D eigenvalue weighted by atomic mass is 10.2. The molecule has 0 saturated heterocycles. The number of carbonyl (C=O) groups is 1. The van der Waals surface area contributed by atoms with Gasteiger partial charge in [0.1, 0.15) is 0 Å². The van der Waals surface area contributed by atoms with Gasteiger partial charge in [0.15, 0.2) is 0 Å². The number of thiophene rings is 1. The Morgan fingerprint density at radius 1 is 1.33 bits per heavy atom. The minimum absolute atomic E-state index is 0.0544. The molecule has 2 aromatic rings. The molecule has 110 valence electrons. The lowest BCUT2D eigenvalue weighted by Gasteiger charge is -2.19. The fourth-order valence-corrected chi connectivity index (χ4v) is 3.22. The summed E-state index contributed by atoms with van der Waals surface area (Å²) in [6, 6.07) is 11.5. The average molecular weight is 320 g/mol. The van der Waals surface area contributed by atoms with Crippen molar-refractivity contribution in [1.82, 2.24) is 4.90 Å². The predicted molar refractivity (Wildman–Crippen MR) is 91.2 cm³/mol. The summed E-state index contributed by atoms with van der Waals surface area (Å²) < 4.78 is 0. The summed E-state index contributed by atoms with van der Waals surface area (Å²) in [6.45, 7) is 9.06. The number of hydrogen-bond donors (Lipinski definition) is 0. The van der Waals surface area contributed by atoms with Crippen molar-refractivity contribution in [3.8, 4) is 10.4 Å². The molecule has 2 nitrogen and oxygen atoms in total. The summed E-state index contributed by atoms with van der Waals surface area (Å²) in [4.78, 5) is 16.1. The molecule has 0 atom stereocenters. The number of benzene rings is 1. The normalized spacial score (nSPS) is 10.4. The van der Waals surface area contributed by atoms with Gasteiger partial charge in [-0.25, -0.2) is 0 Å². The van der Waals surface area contributed by atoms with E-state index in [1.54, 1.807) is 4.90 Å². The van der Waals surface area contributed by atoms with Crippen LogP contribution in [0.1, 0.15) is 23.5 Å². The van der Waals surface area contributed by atoms with Crippen LogP contribution in [0.25, 0.3) is 10.4 Å². The molecule has 0 aliphatic heterocycles. The first-order valence-corrected chi connectivity index (χ1v) is 8.00. The Kier molecular flexibility index (Phi) is 5.21. The van der Waals surface area contributed by atoms with E-state index < -0.39 is 0 Å². The van der Waals surface area contributed by atoms with E-state index in [1.165, 1.54) is 11.3 Å². The third-order valence-corrected chi connectivity index (χ3v) is 4.41. The van der Waals surface area contributed by atoms with Crippen LogP contribution in [-0.4, -0.2) is 23.9 Å². The molecule has 1 aromatic heterocycles. The zero-order chi connectivity index (χ0) is 15.4. The Balaban J connectivity index is 2.23. The van der Waals surface area contributed by atoms with Crippen LogP contribution in [0.2, 0.25) is 5.02 Å². The van der Waals surface area contributed by atoms with Gasteiger partial charge in [-0.15, -0.1) is 11.3 Å². The van der Waals surface area contributed by atoms with E-state index in [4.69, 9.17) is 11.6 Å². The summed E-state index contributed by atoms with van der Waals surface area (Å²) in [7, 11) is 0. The predicted octanol–water partition coefficient (Wildman–Crippen LogP) is 5.11. The van der Waals surface area contributed by atoms with Gasteiger partial charge < -0.3 is 4.90 Å². The Morgan fingerprint density at radius 2 is 2.10 bits per heavy atom. The summed E-state index contributed by atoms with van der Waals surface area (Å²) in [5.74, 6) is 0.0544. The zero-order valence-electron chi connectivity index (χ0n) is 12.2. The second kappa shape index (κ2) is 6.92. The molecule has 0 aliphatic rings. The van der Waals surface area contributed by atoms with Gasteiger partial charge in [0.05, 0.1) is 4.88 Å². The smallest absolute Gasteiger partial charge is 0.264 e. The number of likely N-dealkylation sites (N-methyl/N-ethyl adjacent to an activating group) is 1. The molecule has 1 aromatic carbocycles. The monoisotopic (exact) mass is 319 g/mol. The van der Waals surface area contributed by atoms with Crippen LogP contribution in [-0.2, 0) is 0 Å². The largest absolute Gasteiger partial charge is 0.334 e. The van der Waals surface area contributed by atoms with E-state index in [0.29, 0.717) is 18.1 Å².